The lowest BCUT2D eigenvalue weighted by Crippen LogP contribution is -2.06. The van der Waals surface area contributed by atoms with Crippen molar-refractivity contribution in [1.29, 1.82) is 0 Å². The van der Waals surface area contributed by atoms with E-state index in [0.29, 0.717) is 18.1 Å². The van der Waals surface area contributed by atoms with Gasteiger partial charge < -0.3 is 14.6 Å². The minimum absolute atomic E-state index is 0.517. The molecular weight excluding hydrogens is 304 g/mol. The molecule has 4 rings (SSSR count). The fraction of sp³-hybridized carbons (Fsp3) is 0.389. The molecule has 0 saturated carbocycles. The highest BCUT2D eigenvalue weighted by Crippen LogP contribution is 2.31. The molecule has 0 unspecified atom stereocenters. The van der Waals surface area contributed by atoms with Gasteiger partial charge in [-0.2, -0.15) is 4.98 Å². The van der Waals surface area contributed by atoms with Gasteiger partial charge in [0.2, 0.25) is 0 Å². The van der Waals surface area contributed by atoms with E-state index >= 15 is 0 Å². The maximum atomic E-state index is 5.58. The van der Waals surface area contributed by atoms with E-state index in [0.717, 1.165) is 41.1 Å². The molecule has 3 aromatic rings. The minimum Gasteiger partial charge on any atom is -0.496 e. The number of hydrogen-bond donors (Lipinski definition) is 1. The standard InChI is InChI=1S/C18H20N4O2/c1-10-16-17(20-11(2)21-18(16)24-22-10)19-9-14-7-12-5-4-6-13(12)8-15(14)23-3/h7-8H,4-6,9H2,1-3H3,(H,19,20,21). The molecule has 0 bridgehead atoms. The van der Waals surface area contributed by atoms with Gasteiger partial charge >= 0.3 is 0 Å². The molecule has 1 aliphatic rings. The Labute approximate surface area is 140 Å². The first-order valence-electron chi connectivity index (χ1n) is 8.19. The highest BCUT2D eigenvalue weighted by atomic mass is 16.5. The molecule has 2 aromatic heterocycles. The fourth-order valence-corrected chi connectivity index (χ4v) is 3.38. The number of benzene rings is 1. The zero-order valence-corrected chi connectivity index (χ0v) is 14.1. The molecule has 24 heavy (non-hydrogen) atoms. The van der Waals surface area contributed by atoms with Crippen LogP contribution in [0, 0.1) is 13.8 Å². The van der Waals surface area contributed by atoms with Gasteiger partial charge in [-0.3, -0.25) is 0 Å². The second-order valence-corrected chi connectivity index (χ2v) is 6.21. The largest absolute Gasteiger partial charge is 0.496 e. The zero-order chi connectivity index (χ0) is 16.7. The number of aromatic nitrogens is 3. The van der Waals surface area contributed by atoms with Gasteiger partial charge in [0.25, 0.3) is 5.71 Å². The maximum Gasteiger partial charge on any atom is 0.263 e. The van der Waals surface area contributed by atoms with Crippen molar-refractivity contribution in [2.45, 2.75) is 39.7 Å². The monoisotopic (exact) mass is 324 g/mol. The summed E-state index contributed by atoms with van der Waals surface area (Å²) in [6.07, 6.45) is 3.51. The van der Waals surface area contributed by atoms with Crippen LogP contribution in [0.5, 0.6) is 5.75 Å². The summed E-state index contributed by atoms with van der Waals surface area (Å²) in [6, 6.07) is 4.42. The van der Waals surface area contributed by atoms with Crippen LogP contribution in [-0.2, 0) is 19.4 Å². The zero-order valence-electron chi connectivity index (χ0n) is 14.1. The van der Waals surface area contributed by atoms with Crippen LogP contribution in [0.1, 0.15) is 34.6 Å². The van der Waals surface area contributed by atoms with Gasteiger partial charge in [-0.1, -0.05) is 11.2 Å². The van der Waals surface area contributed by atoms with Crippen molar-refractivity contribution >= 4 is 16.9 Å². The Morgan fingerprint density at radius 3 is 2.75 bits per heavy atom. The van der Waals surface area contributed by atoms with Gasteiger partial charge in [0.1, 0.15) is 22.8 Å². The minimum atomic E-state index is 0.517. The average Bonchev–Trinajstić information content (AvgIpc) is 3.17. The molecule has 0 radical (unpaired) electrons. The molecule has 0 atom stereocenters. The van der Waals surface area contributed by atoms with Gasteiger partial charge in [-0.15, -0.1) is 0 Å². The lowest BCUT2D eigenvalue weighted by atomic mass is 10.0. The Morgan fingerprint density at radius 1 is 1.17 bits per heavy atom. The predicted molar refractivity (Wildman–Crippen MR) is 91.4 cm³/mol. The molecule has 0 amide bonds. The number of methoxy groups -OCH3 is 1. The Hall–Kier alpha value is -2.63. The fourth-order valence-electron chi connectivity index (χ4n) is 3.38. The maximum absolute atomic E-state index is 5.58. The number of nitrogens with zero attached hydrogens (tertiary/aromatic N) is 3. The number of aryl methyl sites for hydroxylation is 4. The van der Waals surface area contributed by atoms with E-state index in [1.807, 2.05) is 13.8 Å². The van der Waals surface area contributed by atoms with Gasteiger partial charge in [-0.25, -0.2) is 4.98 Å². The summed E-state index contributed by atoms with van der Waals surface area (Å²) >= 11 is 0. The second kappa shape index (κ2) is 5.78. The molecular formula is C18H20N4O2. The Bertz CT molecular complexity index is 917. The van der Waals surface area contributed by atoms with Crippen molar-refractivity contribution in [3.05, 3.63) is 40.3 Å². The van der Waals surface area contributed by atoms with Crippen LogP contribution in [0.25, 0.3) is 11.1 Å². The summed E-state index contributed by atoms with van der Waals surface area (Å²) in [5.41, 5.74) is 5.28. The van der Waals surface area contributed by atoms with Crippen LogP contribution < -0.4 is 10.1 Å². The summed E-state index contributed by atoms with van der Waals surface area (Å²) in [7, 11) is 1.72. The number of fused-ring (bicyclic) bond motifs is 2. The lowest BCUT2D eigenvalue weighted by Gasteiger charge is -2.13. The molecule has 1 aromatic carbocycles. The number of anilines is 1. The van der Waals surface area contributed by atoms with Gasteiger partial charge in [0.15, 0.2) is 0 Å². The molecule has 1 N–H and O–H groups in total. The molecule has 0 saturated heterocycles. The third-order valence-electron chi connectivity index (χ3n) is 4.56. The van der Waals surface area contributed by atoms with E-state index in [2.05, 4.69) is 32.6 Å². The highest BCUT2D eigenvalue weighted by Gasteiger charge is 2.17. The number of nitrogens with one attached hydrogen (secondary N) is 1. The summed E-state index contributed by atoms with van der Waals surface area (Å²) in [6.45, 7) is 4.37. The van der Waals surface area contributed by atoms with E-state index in [-0.39, 0.29) is 0 Å². The smallest absolute Gasteiger partial charge is 0.263 e. The van der Waals surface area contributed by atoms with Crippen molar-refractivity contribution in [3.63, 3.8) is 0 Å². The molecule has 0 fully saturated rings. The van der Waals surface area contributed by atoms with Crippen molar-refractivity contribution in [2.24, 2.45) is 0 Å². The highest BCUT2D eigenvalue weighted by molar-refractivity contribution is 5.87. The van der Waals surface area contributed by atoms with E-state index in [9.17, 15) is 0 Å². The quantitative estimate of drug-likeness (QED) is 0.793. The van der Waals surface area contributed by atoms with Crippen LogP contribution >= 0.6 is 0 Å². The molecule has 2 heterocycles. The molecule has 124 valence electrons. The van der Waals surface area contributed by atoms with Crippen LogP contribution in [0.2, 0.25) is 0 Å². The van der Waals surface area contributed by atoms with E-state index < -0.39 is 0 Å². The van der Waals surface area contributed by atoms with Gasteiger partial charge in [-0.05, 0) is 50.3 Å². The van der Waals surface area contributed by atoms with Crippen LogP contribution in [0.15, 0.2) is 16.7 Å². The summed E-state index contributed by atoms with van der Waals surface area (Å²) in [5.74, 6) is 2.33. The van der Waals surface area contributed by atoms with Crippen molar-refractivity contribution in [2.75, 3.05) is 12.4 Å². The third-order valence-corrected chi connectivity index (χ3v) is 4.56. The summed E-state index contributed by atoms with van der Waals surface area (Å²) in [4.78, 5) is 8.80. The number of rotatable bonds is 4. The van der Waals surface area contributed by atoms with E-state index in [4.69, 9.17) is 9.26 Å². The predicted octanol–water partition coefficient (Wildman–Crippen LogP) is 3.34. The van der Waals surface area contributed by atoms with Gasteiger partial charge in [0, 0.05) is 12.1 Å². The second-order valence-electron chi connectivity index (χ2n) is 6.21. The van der Waals surface area contributed by atoms with Crippen molar-refractivity contribution in [3.8, 4) is 5.75 Å². The van der Waals surface area contributed by atoms with Crippen molar-refractivity contribution in [1.82, 2.24) is 15.1 Å². The Balaban J connectivity index is 1.67. The van der Waals surface area contributed by atoms with E-state index in [1.165, 1.54) is 17.5 Å². The lowest BCUT2D eigenvalue weighted by molar-refractivity contribution is 0.410. The van der Waals surface area contributed by atoms with Crippen LogP contribution in [-0.4, -0.2) is 22.2 Å². The summed E-state index contributed by atoms with van der Waals surface area (Å²) < 4.78 is 10.8. The first-order chi connectivity index (χ1) is 11.7. The normalized spacial score (nSPS) is 13.3. The Kier molecular flexibility index (Phi) is 3.59. The van der Waals surface area contributed by atoms with Crippen molar-refractivity contribution < 1.29 is 9.26 Å². The van der Waals surface area contributed by atoms with Crippen LogP contribution in [0.4, 0.5) is 5.82 Å². The van der Waals surface area contributed by atoms with Crippen LogP contribution in [0.3, 0.4) is 0 Å². The molecule has 6 nitrogen and oxygen atoms in total. The molecule has 6 heteroatoms. The number of ether oxygens (including phenoxy) is 1. The van der Waals surface area contributed by atoms with E-state index in [1.54, 1.807) is 7.11 Å². The first kappa shape index (κ1) is 14.9. The topological polar surface area (TPSA) is 73.1 Å². The van der Waals surface area contributed by atoms with Gasteiger partial charge in [0.05, 0.1) is 12.8 Å². The summed E-state index contributed by atoms with van der Waals surface area (Å²) in [5, 5.41) is 8.23. The number of hydrogen-bond acceptors (Lipinski definition) is 6. The first-order valence-corrected chi connectivity index (χ1v) is 8.19. The average molecular weight is 324 g/mol. The molecule has 1 aliphatic carbocycles. The molecule has 0 aliphatic heterocycles. The third kappa shape index (κ3) is 2.48. The SMILES string of the molecule is COc1cc2c(cc1CNc1nc(C)nc3onc(C)c13)CCC2. The Morgan fingerprint density at radius 2 is 1.96 bits per heavy atom. The molecule has 0 spiro atoms.